The highest BCUT2D eigenvalue weighted by Crippen LogP contribution is 2.01. The summed E-state index contributed by atoms with van der Waals surface area (Å²) in [5.74, 6) is 0. The van der Waals surface area contributed by atoms with Gasteiger partial charge in [-0.25, -0.2) is 0 Å². The van der Waals surface area contributed by atoms with E-state index in [2.05, 4.69) is 8.85 Å². The molecule has 0 aromatic heterocycles. The third-order valence-corrected chi connectivity index (χ3v) is 2.61. The molecule has 0 bridgehead atoms. The van der Waals surface area contributed by atoms with Gasteiger partial charge >= 0.3 is 9.05 Å². The molecule has 0 unspecified atom stereocenters. The van der Waals surface area contributed by atoms with Crippen LogP contribution in [0.1, 0.15) is 13.3 Å². The van der Waals surface area contributed by atoms with E-state index in [0.717, 1.165) is 6.42 Å². The second-order valence-electron chi connectivity index (χ2n) is 1.78. The van der Waals surface area contributed by atoms with Gasteiger partial charge in [0, 0.05) is 20.8 Å². The van der Waals surface area contributed by atoms with Crippen LogP contribution < -0.4 is 0 Å². The van der Waals surface area contributed by atoms with E-state index in [1.165, 1.54) is 14.2 Å². The monoisotopic (exact) mass is 166 g/mol. The highest BCUT2D eigenvalue weighted by Gasteiger charge is 2.37. The van der Waals surface area contributed by atoms with Gasteiger partial charge in [0.1, 0.15) is 0 Å². The molecule has 0 aliphatic carbocycles. The fourth-order valence-corrected chi connectivity index (χ4v) is 1.30. The van der Waals surface area contributed by atoms with Crippen LogP contribution in [0.4, 0.5) is 0 Å². The predicted molar refractivity (Wildman–Crippen MR) is 38.2 cm³/mol. The van der Waals surface area contributed by atoms with Crippen LogP contribution >= 0.6 is 0 Å². The van der Waals surface area contributed by atoms with E-state index >= 15 is 0 Å². The quantitative estimate of drug-likeness (QED) is 0.590. The smallest absolute Gasteiger partial charge is 0.367 e. The standard InChI is InChI=1S/C5H14O4Si/c1-4-5-9-10(6,7-2)8-3/h6H,4-5H2,1-3H3. The van der Waals surface area contributed by atoms with E-state index in [4.69, 9.17) is 4.43 Å². The summed E-state index contributed by atoms with van der Waals surface area (Å²) in [5.41, 5.74) is 0. The topological polar surface area (TPSA) is 47.9 Å². The fraction of sp³-hybridized carbons (Fsp3) is 1.00. The summed E-state index contributed by atoms with van der Waals surface area (Å²) in [6, 6.07) is 0. The molecular weight excluding hydrogens is 152 g/mol. The maximum absolute atomic E-state index is 9.23. The lowest BCUT2D eigenvalue weighted by Crippen LogP contribution is -2.44. The lowest BCUT2D eigenvalue weighted by Gasteiger charge is -2.17. The zero-order valence-corrected chi connectivity index (χ0v) is 7.59. The van der Waals surface area contributed by atoms with Crippen molar-refractivity contribution in [3.63, 3.8) is 0 Å². The Hall–Kier alpha value is 0.0569. The summed E-state index contributed by atoms with van der Waals surface area (Å²) in [5, 5.41) is 0. The molecule has 0 aromatic carbocycles. The Balaban J connectivity index is 3.58. The molecule has 0 aromatic rings. The van der Waals surface area contributed by atoms with Gasteiger partial charge in [0.2, 0.25) is 0 Å². The van der Waals surface area contributed by atoms with Crippen molar-refractivity contribution in [3.05, 3.63) is 0 Å². The number of rotatable bonds is 5. The molecule has 0 saturated carbocycles. The molecule has 0 aliphatic heterocycles. The van der Waals surface area contributed by atoms with E-state index in [9.17, 15) is 4.80 Å². The largest absolute Gasteiger partial charge is 0.676 e. The summed E-state index contributed by atoms with van der Waals surface area (Å²) in [6.07, 6.45) is 0.835. The van der Waals surface area contributed by atoms with Crippen LogP contribution in [0.2, 0.25) is 0 Å². The Kier molecular flexibility index (Phi) is 4.84. The van der Waals surface area contributed by atoms with Crippen molar-refractivity contribution in [3.8, 4) is 0 Å². The SMILES string of the molecule is CCCO[Si](O)(OC)OC. The average molecular weight is 166 g/mol. The van der Waals surface area contributed by atoms with Gasteiger partial charge in [0.05, 0.1) is 0 Å². The van der Waals surface area contributed by atoms with Gasteiger partial charge in [0.25, 0.3) is 0 Å². The lowest BCUT2D eigenvalue weighted by atomic mass is 10.5. The van der Waals surface area contributed by atoms with Crippen molar-refractivity contribution in [1.29, 1.82) is 0 Å². The molecule has 0 amide bonds. The molecule has 0 spiro atoms. The molecular formula is C5H14O4Si. The highest BCUT2D eigenvalue weighted by molar-refractivity contribution is 6.51. The van der Waals surface area contributed by atoms with E-state index in [1.807, 2.05) is 6.92 Å². The van der Waals surface area contributed by atoms with Crippen LogP contribution in [0.5, 0.6) is 0 Å². The molecule has 5 heteroatoms. The van der Waals surface area contributed by atoms with Gasteiger partial charge in [-0.2, -0.15) is 0 Å². The van der Waals surface area contributed by atoms with Gasteiger partial charge < -0.3 is 18.1 Å². The molecule has 1 N–H and O–H groups in total. The van der Waals surface area contributed by atoms with E-state index in [1.54, 1.807) is 0 Å². The van der Waals surface area contributed by atoms with Gasteiger partial charge in [-0.3, -0.25) is 0 Å². The molecule has 0 aliphatic rings. The fourth-order valence-electron chi connectivity index (χ4n) is 0.432. The summed E-state index contributed by atoms with van der Waals surface area (Å²) in [6.45, 7) is 2.41. The summed E-state index contributed by atoms with van der Waals surface area (Å²) >= 11 is 0. The Morgan fingerprint density at radius 2 is 1.80 bits per heavy atom. The van der Waals surface area contributed by atoms with E-state index in [-0.39, 0.29) is 0 Å². The van der Waals surface area contributed by atoms with Crippen LogP contribution in [0.3, 0.4) is 0 Å². The van der Waals surface area contributed by atoms with Crippen LogP contribution in [-0.4, -0.2) is 34.7 Å². The maximum Gasteiger partial charge on any atom is 0.676 e. The molecule has 0 saturated heterocycles. The molecule has 0 radical (unpaired) electrons. The molecule has 0 atom stereocenters. The Morgan fingerprint density at radius 3 is 2.10 bits per heavy atom. The summed E-state index contributed by atoms with van der Waals surface area (Å²) in [7, 11) is -0.485. The first-order valence-corrected chi connectivity index (χ1v) is 4.82. The van der Waals surface area contributed by atoms with Crippen molar-refractivity contribution >= 4 is 9.05 Å². The molecule has 0 fully saturated rings. The molecule has 0 heterocycles. The highest BCUT2D eigenvalue weighted by atomic mass is 28.4. The summed E-state index contributed by atoms with van der Waals surface area (Å²) in [4.78, 5) is 9.23. The first kappa shape index (κ1) is 10.1. The molecule has 4 nitrogen and oxygen atoms in total. The minimum Gasteiger partial charge on any atom is -0.367 e. The van der Waals surface area contributed by atoms with Crippen LogP contribution in [-0.2, 0) is 13.3 Å². The van der Waals surface area contributed by atoms with Gasteiger partial charge in [0.15, 0.2) is 0 Å². The third-order valence-electron chi connectivity index (χ3n) is 1.00. The number of hydrogen-bond acceptors (Lipinski definition) is 4. The predicted octanol–water partition coefficient (Wildman–Crippen LogP) is 0.134. The molecule has 0 rings (SSSR count). The maximum atomic E-state index is 9.23. The Labute approximate surface area is 62.2 Å². The molecule has 62 valence electrons. The normalized spacial score (nSPS) is 12.0. The lowest BCUT2D eigenvalue weighted by molar-refractivity contribution is 0.0234. The second-order valence-corrected chi connectivity index (χ2v) is 3.93. The minimum atomic E-state index is -3.22. The van der Waals surface area contributed by atoms with Crippen molar-refractivity contribution < 1.29 is 18.1 Å². The van der Waals surface area contributed by atoms with Crippen LogP contribution in [0.15, 0.2) is 0 Å². The van der Waals surface area contributed by atoms with Gasteiger partial charge in [-0.1, -0.05) is 6.92 Å². The van der Waals surface area contributed by atoms with Crippen molar-refractivity contribution in [2.75, 3.05) is 20.8 Å². The average Bonchev–Trinajstić information content (AvgIpc) is 2.00. The summed E-state index contributed by atoms with van der Waals surface area (Å²) < 4.78 is 14.2. The first-order valence-electron chi connectivity index (χ1n) is 3.15. The third kappa shape index (κ3) is 3.28. The Bertz CT molecular complexity index is 83.7. The second kappa shape index (κ2) is 4.81. The van der Waals surface area contributed by atoms with Crippen LogP contribution in [0, 0.1) is 0 Å². The zero-order valence-electron chi connectivity index (χ0n) is 6.59. The first-order chi connectivity index (χ1) is 4.68. The van der Waals surface area contributed by atoms with Crippen molar-refractivity contribution in [1.82, 2.24) is 0 Å². The van der Waals surface area contributed by atoms with E-state index < -0.39 is 9.05 Å². The van der Waals surface area contributed by atoms with Crippen molar-refractivity contribution in [2.45, 2.75) is 13.3 Å². The van der Waals surface area contributed by atoms with Crippen molar-refractivity contribution in [2.24, 2.45) is 0 Å². The minimum absolute atomic E-state index is 0.463. The molecule has 10 heavy (non-hydrogen) atoms. The van der Waals surface area contributed by atoms with E-state index in [0.29, 0.717) is 6.61 Å². The van der Waals surface area contributed by atoms with Gasteiger partial charge in [-0.15, -0.1) is 0 Å². The zero-order chi connectivity index (χ0) is 8.04. The van der Waals surface area contributed by atoms with Crippen LogP contribution in [0.25, 0.3) is 0 Å². The number of hydrogen-bond donors (Lipinski definition) is 1. The van der Waals surface area contributed by atoms with Gasteiger partial charge in [-0.05, 0) is 6.42 Å². The Morgan fingerprint density at radius 1 is 1.30 bits per heavy atom.